The standard InChI is InChI=1S/C18H20Cl2/c1-17(2,13-9-6-5-7-10-13)16-14(18(3,4)20)11-8-12-15(16)19/h5-12H,1-4H3. The average Bonchev–Trinajstić information content (AvgIpc) is 2.38. The number of alkyl halides is 1. The summed E-state index contributed by atoms with van der Waals surface area (Å²) >= 11 is 13.1. The summed E-state index contributed by atoms with van der Waals surface area (Å²) in [6, 6.07) is 16.4. The van der Waals surface area contributed by atoms with Crippen LogP contribution in [0.1, 0.15) is 44.4 Å². The van der Waals surface area contributed by atoms with Gasteiger partial charge in [-0.2, -0.15) is 0 Å². The van der Waals surface area contributed by atoms with Crippen molar-refractivity contribution >= 4 is 23.2 Å². The molecule has 0 aliphatic heterocycles. The number of rotatable bonds is 3. The van der Waals surface area contributed by atoms with Gasteiger partial charge in [-0.25, -0.2) is 0 Å². The monoisotopic (exact) mass is 306 g/mol. The van der Waals surface area contributed by atoms with Crippen molar-refractivity contribution in [3.05, 3.63) is 70.2 Å². The number of hydrogen-bond donors (Lipinski definition) is 0. The van der Waals surface area contributed by atoms with E-state index in [0.717, 1.165) is 16.1 Å². The van der Waals surface area contributed by atoms with Gasteiger partial charge in [0.25, 0.3) is 0 Å². The smallest absolute Gasteiger partial charge is 0.0642 e. The van der Waals surface area contributed by atoms with Crippen LogP contribution in [0.3, 0.4) is 0 Å². The van der Waals surface area contributed by atoms with Crippen LogP contribution in [0.25, 0.3) is 0 Å². The Morgan fingerprint density at radius 1 is 0.800 bits per heavy atom. The maximum atomic E-state index is 6.57. The van der Waals surface area contributed by atoms with Crippen LogP contribution in [0.15, 0.2) is 48.5 Å². The molecule has 0 saturated carbocycles. The minimum Gasteiger partial charge on any atom is -0.115 e. The predicted molar refractivity (Wildman–Crippen MR) is 88.9 cm³/mol. The van der Waals surface area contributed by atoms with Gasteiger partial charge < -0.3 is 0 Å². The maximum absolute atomic E-state index is 6.57. The van der Waals surface area contributed by atoms with Crippen LogP contribution in [-0.2, 0) is 10.3 Å². The zero-order valence-electron chi connectivity index (χ0n) is 12.4. The fourth-order valence-electron chi connectivity index (χ4n) is 2.65. The van der Waals surface area contributed by atoms with Crippen LogP contribution in [0.5, 0.6) is 0 Å². The summed E-state index contributed by atoms with van der Waals surface area (Å²) in [5.41, 5.74) is 3.23. The lowest BCUT2D eigenvalue weighted by Crippen LogP contribution is -2.25. The minimum atomic E-state index is -0.452. The molecule has 106 valence electrons. The van der Waals surface area contributed by atoms with Crippen molar-refractivity contribution in [3.63, 3.8) is 0 Å². The molecule has 0 radical (unpaired) electrons. The Balaban J connectivity index is 2.69. The summed E-state index contributed by atoms with van der Waals surface area (Å²) in [6.07, 6.45) is 0. The molecule has 20 heavy (non-hydrogen) atoms. The van der Waals surface area contributed by atoms with Gasteiger partial charge in [-0.15, -0.1) is 11.6 Å². The van der Waals surface area contributed by atoms with E-state index in [-0.39, 0.29) is 5.41 Å². The van der Waals surface area contributed by atoms with Crippen molar-refractivity contribution in [2.75, 3.05) is 0 Å². The fraction of sp³-hybridized carbons (Fsp3) is 0.333. The third kappa shape index (κ3) is 2.87. The van der Waals surface area contributed by atoms with Crippen molar-refractivity contribution in [1.82, 2.24) is 0 Å². The van der Waals surface area contributed by atoms with Crippen LogP contribution in [-0.4, -0.2) is 0 Å². The van der Waals surface area contributed by atoms with E-state index in [9.17, 15) is 0 Å². The Morgan fingerprint density at radius 3 is 1.95 bits per heavy atom. The molecule has 0 spiro atoms. The topological polar surface area (TPSA) is 0 Å². The van der Waals surface area contributed by atoms with E-state index in [1.54, 1.807) is 0 Å². The first-order valence-corrected chi connectivity index (χ1v) is 7.54. The molecule has 2 heteroatoms. The highest BCUT2D eigenvalue weighted by atomic mass is 35.5. The summed E-state index contributed by atoms with van der Waals surface area (Å²) in [5, 5.41) is 0.769. The van der Waals surface area contributed by atoms with Crippen LogP contribution >= 0.6 is 23.2 Å². The number of benzene rings is 2. The van der Waals surface area contributed by atoms with Crippen molar-refractivity contribution in [1.29, 1.82) is 0 Å². The largest absolute Gasteiger partial charge is 0.115 e. The highest BCUT2D eigenvalue weighted by Gasteiger charge is 2.32. The Labute approximate surface area is 131 Å². The van der Waals surface area contributed by atoms with Crippen LogP contribution in [0, 0.1) is 0 Å². The van der Waals surface area contributed by atoms with Crippen LogP contribution in [0.4, 0.5) is 0 Å². The molecule has 0 aromatic heterocycles. The molecule has 2 aromatic rings. The Hall–Kier alpha value is -0.980. The lowest BCUT2D eigenvalue weighted by Gasteiger charge is -2.33. The summed E-state index contributed by atoms with van der Waals surface area (Å²) in [4.78, 5) is -0.452. The normalized spacial score (nSPS) is 12.5. The Bertz CT molecular complexity index is 593. The first kappa shape index (κ1) is 15.4. The number of hydrogen-bond acceptors (Lipinski definition) is 0. The van der Waals surface area contributed by atoms with Crippen LogP contribution < -0.4 is 0 Å². The van der Waals surface area contributed by atoms with Gasteiger partial charge in [0.2, 0.25) is 0 Å². The second-order valence-corrected chi connectivity index (χ2v) is 7.48. The summed E-state index contributed by atoms with van der Waals surface area (Å²) < 4.78 is 0. The first-order chi connectivity index (χ1) is 9.24. The van der Waals surface area contributed by atoms with E-state index in [1.165, 1.54) is 5.56 Å². The van der Waals surface area contributed by atoms with Gasteiger partial charge in [0.15, 0.2) is 0 Å². The maximum Gasteiger partial charge on any atom is 0.0642 e. The lowest BCUT2D eigenvalue weighted by atomic mass is 9.74. The van der Waals surface area contributed by atoms with Gasteiger partial charge in [-0.05, 0) is 36.6 Å². The average molecular weight is 307 g/mol. The highest BCUT2D eigenvalue weighted by molar-refractivity contribution is 6.32. The first-order valence-electron chi connectivity index (χ1n) is 6.78. The van der Waals surface area contributed by atoms with E-state index in [1.807, 2.05) is 32.0 Å². The van der Waals surface area contributed by atoms with Crippen molar-refractivity contribution in [3.8, 4) is 0 Å². The molecule has 0 atom stereocenters. The molecule has 0 heterocycles. The SMILES string of the molecule is CC(C)(Cl)c1cccc(Cl)c1C(C)(C)c1ccccc1. The molecule has 2 aromatic carbocycles. The van der Waals surface area contributed by atoms with Gasteiger partial charge in [0, 0.05) is 10.4 Å². The van der Waals surface area contributed by atoms with Crippen molar-refractivity contribution in [2.45, 2.75) is 38.0 Å². The van der Waals surface area contributed by atoms with Gasteiger partial charge >= 0.3 is 0 Å². The van der Waals surface area contributed by atoms with Gasteiger partial charge in [0.1, 0.15) is 0 Å². The molecular weight excluding hydrogens is 287 g/mol. The van der Waals surface area contributed by atoms with Crippen LogP contribution in [0.2, 0.25) is 5.02 Å². The summed E-state index contributed by atoms with van der Waals surface area (Å²) in [7, 11) is 0. The number of halogens is 2. The Morgan fingerprint density at radius 2 is 1.40 bits per heavy atom. The van der Waals surface area contributed by atoms with Crippen molar-refractivity contribution in [2.24, 2.45) is 0 Å². The highest BCUT2D eigenvalue weighted by Crippen LogP contribution is 2.43. The van der Waals surface area contributed by atoms with Gasteiger partial charge in [0.05, 0.1) is 4.87 Å². The molecule has 0 unspecified atom stereocenters. The van der Waals surface area contributed by atoms with Gasteiger partial charge in [-0.1, -0.05) is 67.9 Å². The Kier molecular flexibility index (Phi) is 4.18. The van der Waals surface area contributed by atoms with Gasteiger partial charge in [-0.3, -0.25) is 0 Å². The second-order valence-electron chi connectivity index (χ2n) is 6.13. The van der Waals surface area contributed by atoms with E-state index in [0.29, 0.717) is 0 Å². The molecule has 0 aliphatic rings. The van der Waals surface area contributed by atoms with E-state index in [4.69, 9.17) is 23.2 Å². The third-order valence-electron chi connectivity index (χ3n) is 3.77. The zero-order chi connectivity index (χ0) is 15.0. The molecule has 0 fully saturated rings. The predicted octanol–water partition coefficient (Wildman–Crippen LogP) is 6.14. The minimum absolute atomic E-state index is 0.193. The second kappa shape index (κ2) is 5.42. The fourth-order valence-corrected chi connectivity index (χ4v) is 3.22. The quantitative estimate of drug-likeness (QED) is 0.597. The molecular formula is C18H20Cl2. The molecule has 0 N–H and O–H groups in total. The van der Waals surface area contributed by atoms with Crippen molar-refractivity contribution < 1.29 is 0 Å². The summed E-state index contributed by atoms with van der Waals surface area (Å²) in [6.45, 7) is 8.39. The molecule has 0 nitrogen and oxygen atoms in total. The molecule has 0 saturated heterocycles. The van der Waals surface area contributed by atoms with E-state index >= 15 is 0 Å². The molecule has 0 bridgehead atoms. The third-order valence-corrected chi connectivity index (χ3v) is 4.29. The molecule has 0 amide bonds. The van der Waals surface area contributed by atoms with E-state index < -0.39 is 4.87 Å². The zero-order valence-corrected chi connectivity index (χ0v) is 13.9. The van der Waals surface area contributed by atoms with E-state index in [2.05, 4.69) is 44.2 Å². The molecule has 0 aliphatic carbocycles. The summed E-state index contributed by atoms with van der Waals surface area (Å²) in [5.74, 6) is 0. The lowest BCUT2D eigenvalue weighted by molar-refractivity contribution is 0.613. The molecule has 2 rings (SSSR count).